The average Bonchev–Trinajstić information content (AvgIpc) is 2.80. The monoisotopic (exact) mass is 217 g/mol. The molecule has 2 heterocycles. The highest BCUT2D eigenvalue weighted by Crippen LogP contribution is 2.02. The minimum absolute atomic E-state index is 0.454. The van der Waals surface area contributed by atoms with Crippen molar-refractivity contribution in [1.82, 2.24) is 25.1 Å². The second-order valence-electron chi connectivity index (χ2n) is 3.89. The van der Waals surface area contributed by atoms with E-state index >= 15 is 0 Å². The summed E-state index contributed by atoms with van der Waals surface area (Å²) in [4.78, 5) is 3.96. The zero-order valence-electron chi connectivity index (χ0n) is 9.46. The van der Waals surface area contributed by atoms with E-state index in [0.717, 1.165) is 18.1 Å². The van der Waals surface area contributed by atoms with Crippen LogP contribution >= 0.6 is 0 Å². The van der Waals surface area contributed by atoms with Crippen molar-refractivity contribution in [2.75, 3.05) is 0 Å². The summed E-state index contributed by atoms with van der Waals surface area (Å²) in [6, 6.07) is 4.36. The van der Waals surface area contributed by atoms with Crippen LogP contribution in [0.4, 0.5) is 0 Å². The molecule has 0 atom stereocenters. The molecular formula is C11H15N5. The van der Waals surface area contributed by atoms with Gasteiger partial charge in [-0.1, -0.05) is 13.8 Å². The average molecular weight is 217 g/mol. The first-order valence-electron chi connectivity index (χ1n) is 5.30. The van der Waals surface area contributed by atoms with Gasteiger partial charge in [0.15, 0.2) is 5.82 Å². The van der Waals surface area contributed by atoms with Gasteiger partial charge >= 0.3 is 0 Å². The van der Waals surface area contributed by atoms with Crippen molar-refractivity contribution in [3.05, 3.63) is 36.5 Å². The van der Waals surface area contributed by atoms with Gasteiger partial charge in [0.2, 0.25) is 0 Å². The molecule has 0 saturated heterocycles. The summed E-state index contributed by atoms with van der Waals surface area (Å²) < 4.78 is 1.83. The van der Waals surface area contributed by atoms with Gasteiger partial charge in [-0.3, -0.25) is 4.57 Å². The number of rotatable bonds is 4. The number of hydrogen-bond acceptors (Lipinski definition) is 4. The Kier molecular flexibility index (Phi) is 3.26. The maximum Gasteiger partial charge on any atom is 0.160 e. The third-order valence-electron chi connectivity index (χ3n) is 2.17. The SMILES string of the molecule is CC(C)NCc1ccc(-n2ccnc2)nn1. The summed E-state index contributed by atoms with van der Waals surface area (Å²) in [7, 11) is 0. The van der Waals surface area contributed by atoms with Crippen molar-refractivity contribution < 1.29 is 0 Å². The Morgan fingerprint density at radius 3 is 2.75 bits per heavy atom. The summed E-state index contributed by atoms with van der Waals surface area (Å²) in [6.07, 6.45) is 5.27. The summed E-state index contributed by atoms with van der Waals surface area (Å²) in [6.45, 7) is 4.95. The number of aromatic nitrogens is 4. The molecule has 0 amide bonds. The molecule has 0 aliphatic rings. The van der Waals surface area contributed by atoms with Gasteiger partial charge in [-0.2, -0.15) is 5.10 Å². The van der Waals surface area contributed by atoms with Gasteiger partial charge in [0.05, 0.1) is 5.69 Å². The topological polar surface area (TPSA) is 55.6 Å². The van der Waals surface area contributed by atoms with Crippen molar-refractivity contribution in [2.45, 2.75) is 26.4 Å². The molecule has 5 heteroatoms. The molecule has 0 aliphatic carbocycles. The van der Waals surface area contributed by atoms with E-state index in [1.807, 2.05) is 22.9 Å². The van der Waals surface area contributed by atoms with Crippen LogP contribution in [0.2, 0.25) is 0 Å². The van der Waals surface area contributed by atoms with E-state index in [1.165, 1.54) is 0 Å². The predicted molar refractivity (Wildman–Crippen MR) is 61.1 cm³/mol. The molecule has 5 nitrogen and oxygen atoms in total. The molecule has 0 bridgehead atoms. The minimum atomic E-state index is 0.454. The molecule has 1 N–H and O–H groups in total. The largest absolute Gasteiger partial charge is 0.309 e. The molecule has 0 unspecified atom stereocenters. The fraction of sp³-hybridized carbons (Fsp3) is 0.364. The minimum Gasteiger partial charge on any atom is -0.309 e. The summed E-state index contributed by atoms with van der Waals surface area (Å²) in [5.41, 5.74) is 0.942. The molecule has 0 aliphatic heterocycles. The lowest BCUT2D eigenvalue weighted by molar-refractivity contribution is 0.577. The van der Waals surface area contributed by atoms with Crippen LogP contribution in [0.3, 0.4) is 0 Å². The Bertz CT molecular complexity index is 418. The zero-order chi connectivity index (χ0) is 11.4. The molecule has 0 aromatic carbocycles. The first kappa shape index (κ1) is 10.8. The molecule has 2 rings (SSSR count). The highest BCUT2D eigenvalue weighted by atomic mass is 15.2. The van der Waals surface area contributed by atoms with Gasteiger partial charge in [-0.25, -0.2) is 4.98 Å². The summed E-state index contributed by atoms with van der Waals surface area (Å²) in [5.74, 6) is 0.783. The van der Waals surface area contributed by atoms with Crippen molar-refractivity contribution in [2.24, 2.45) is 0 Å². The number of nitrogens with zero attached hydrogens (tertiary/aromatic N) is 4. The van der Waals surface area contributed by atoms with Crippen LogP contribution in [-0.4, -0.2) is 25.8 Å². The highest BCUT2D eigenvalue weighted by Gasteiger charge is 2.00. The Morgan fingerprint density at radius 2 is 2.19 bits per heavy atom. The lowest BCUT2D eigenvalue weighted by Crippen LogP contribution is -2.22. The zero-order valence-corrected chi connectivity index (χ0v) is 9.46. The second-order valence-corrected chi connectivity index (χ2v) is 3.89. The Hall–Kier alpha value is -1.75. The van der Waals surface area contributed by atoms with Crippen LogP contribution in [0, 0.1) is 0 Å². The molecule has 0 spiro atoms. The molecule has 84 valence electrons. The quantitative estimate of drug-likeness (QED) is 0.835. The van der Waals surface area contributed by atoms with E-state index in [1.54, 1.807) is 12.5 Å². The van der Waals surface area contributed by atoms with Crippen molar-refractivity contribution in [3.8, 4) is 5.82 Å². The third-order valence-corrected chi connectivity index (χ3v) is 2.17. The maximum absolute atomic E-state index is 4.15. The van der Waals surface area contributed by atoms with E-state index in [0.29, 0.717) is 6.04 Å². The Morgan fingerprint density at radius 1 is 1.31 bits per heavy atom. The molecule has 2 aromatic rings. The van der Waals surface area contributed by atoms with Crippen molar-refractivity contribution >= 4 is 0 Å². The number of imidazole rings is 1. The van der Waals surface area contributed by atoms with Gasteiger partial charge in [0.1, 0.15) is 6.33 Å². The van der Waals surface area contributed by atoms with Crippen molar-refractivity contribution in [3.63, 3.8) is 0 Å². The normalized spacial score (nSPS) is 10.9. The lowest BCUT2D eigenvalue weighted by atomic mass is 10.3. The second kappa shape index (κ2) is 4.85. The van der Waals surface area contributed by atoms with E-state index in [-0.39, 0.29) is 0 Å². The van der Waals surface area contributed by atoms with Gasteiger partial charge in [-0.15, -0.1) is 5.10 Å². The van der Waals surface area contributed by atoms with Crippen LogP contribution < -0.4 is 5.32 Å². The van der Waals surface area contributed by atoms with E-state index < -0.39 is 0 Å². The number of nitrogens with one attached hydrogen (secondary N) is 1. The van der Waals surface area contributed by atoms with Crippen LogP contribution in [0.5, 0.6) is 0 Å². The molecule has 0 radical (unpaired) electrons. The van der Waals surface area contributed by atoms with E-state index in [4.69, 9.17) is 0 Å². The van der Waals surface area contributed by atoms with Crippen molar-refractivity contribution in [1.29, 1.82) is 0 Å². The Labute approximate surface area is 94.5 Å². The molecule has 0 fully saturated rings. The van der Waals surface area contributed by atoms with Gasteiger partial charge < -0.3 is 5.32 Å². The maximum atomic E-state index is 4.15. The standard InChI is InChI=1S/C11H15N5/c1-9(2)13-7-10-3-4-11(15-14-10)16-6-5-12-8-16/h3-6,8-9,13H,7H2,1-2H3. The van der Waals surface area contributed by atoms with Crippen LogP contribution in [0.15, 0.2) is 30.9 Å². The highest BCUT2D eigenvalue weighted by molar-refractivity contribution is 5.21. The summed E-state index contributed by atoms with van der Waals surface area (Å²) in [5, 5.41) is 11.6. The smallest absolute Gasteiger partial charge is 0.160 e. The Balaban J connectivity index is 2.05. The van der Waals surface area contributed by atoms with Gasteiger partial charge in [0.25, 0.3) is 0 Å². The third kappa shape index (κ3) is 2.64. The fourth-order valence-electron chi connectivity index (χ4n) is 1.29. The van der Waals surface area contributed by atoms with Crippen LogP contribution in [-0.2, 0) is 6.54 Å². The molecule has 16 heavy (non-hydrogen) atoms. The number of hydrogen-bond donors (Lipinski definition) is 1. The lowest BCUT2D eigenvalue weighted by Gasteiger charge is -2.07. The molecule has 2 aromatic heterocycles. The molecular weight excluding hydrogens is 202 g/mol. The van der Waals surface area contributed by atoms with Gasteiger partial charge in [0, 0.05) is 25.0 Å². The fourth-order valence-corrected chi connectivity index (χ4v) is 1.29. The summed E-state index contributed by atoms with van der Waals surface area (Å²) >= 11 is 0. The first-order chi connectivity index (χ1) is 7.75. The van der Waals surface area contributed by atoms with Crippen LogP contribution in [0.1, 0.15) is 19.5 Å². The van der Waals surface area contributed by atoms with E-state index in [2.05, 4.69) is 34.3 Å². The van der Waals surface area contributed by atoms with Gasteiger partial charge in [-0.05, 0) is 12.1 Å². The van der Waals surface area contributed by atoms with E-state index in [9.17, 15) is 0 Å². The molecule has 0 saturated carbocycles. The predicted octanol–water partition coefficient (Wildman–Crippen LogP) is 1.16. The first-order valence-corrected chi connectivity index (χ1v) is 5.30. The van der Waals surface area contributed by atoms with Crippen LogP contribution in [0.25, 0.3) is 5.82 Å².